The summed E-state index contributed by atoms with van der Waals surface area (Å²) in [6, 6.07) is 5.48. The smallest absolute Gasteiger partial charge is 0.243 e. The third-order valence-corrected chi connectivity index (χ3v) is 5.45. The minimum absolute atomic E-state index is 0.353. The zero-order valence-electron chi connectivity index (χ0n) is 12.7. The van der Waals surface area contributed by atoms with Crippen LogP contribution in [-0.4, -0.2) is 26.3 Å². The molecule has 0 aliphatic rings. The van der Waals surface area contributed by atoms with E-state index in [1.54, 1.807) is 13.1 Å². The summed E-state index contributed by atoms with van der Waals surface area (Å²) in [5.74, 6) is 0. The summed E-state index contributed by atoms with van der Waals surface area (Å²) in [5.41, 5.74) is 7.32. The van der Waals surface area contributed by atoms with Gasteiger partial charge in [-0.25, -0.2) is 12.7 Å². The first-order valence-electron chi connectivity index (χ1n) is 7.25. The van der Waals surface area contributed by atoms with Gasteiger partial charge in [-0.3, -0.25) is 0 Å². The van der Waals surface area contributed by atoms with Gasteiger partial charge in [-0.15, -0.1) is 0 Å². The van der Waals surface area contributed by atoms with Crippen molar-refractivity contribution in [3.8, 4) is 0 Å². The van der Waals surface area contributed by atoms with Crippen LogP contribution < -0.4 is 5.73 Å². The van der Waals surface area contributed by atoms with Crippen molar-refractivity contribution in [2.45, 2.75) is 51.0 Å². The van der Waals surface area contributed by atoms with Gasteiger partial charge < -0.3 is 5.73 Å². The number of unbranched alkanes of at least 4 members (excludes halogenated alkanes) is 2. The minimum atomic E-state index is -3.42. The van der Waals surface area contributed by atoms with Crippen molar-refractivity contribution in [3.05, 3.63) is 29.3 Å². The van der Waals surface area contributed by atoms with Gasteiger partial charge in [0, 0.05) is 20.1 Å². The molecule has 1 aromatic rings. The molecule has 2 N–H and O–H groups in total. The predicted molar refractivity (Wildman–Crippen MR) is 83.1 cm³/mol. The highest BCUT2D eigenvalue weighted by Gasteiger charge is 2.23. The van der Waals surface area contributed by atoms with E-state index < -0.39 is 10.0 Å². The van der Waals surface area contributed by atoms with Gasteiger partial charge in [-0.05, 0) is 30.0 Å². The normalized spacial score (nSPS) is 12.1. The molecule has 1 rings (SSSR count). The van der Waals surface area contributed by atoms with Crippen LogP contribution in [0.4, 0.5) is 0 Å². The molecule has 20 heavy (non-hydrogen) atoms. The number of nitrogens with zero attached hydrogens (tertiary/aromatic N) is 1. The number of hydrogen-bond donors (Lipinski definition) is 1. The monoisotopic (exact) mass is 298 g/mol. The van der Waals surface area contributed by atoms with Crippen molar-refractivity contribution in [3.63, 3.8) is 0 Å². The zero-order chi connectivity index (χ0) is 15.2. The van der Waals surface area contributed by atoms with Gasteiger partial charge in [0.1, 0.15) is 0 Å². The maximum Gasteiger partial charge on any atom is 0.243 e. The van der Waals surface area contributed by atoms with E-state index >= 15 is 0 Å². The van der Waals surface area contributed by atoms with Gasteiger partial charge in [0.05, 0.1) is 4.90 Å². The average Bonchev–Trinajstić information content (AvgIpc) is 2.46. The zero-order valence-corrected chi connectivity index (χ0v) is 13.5. The molecule has 0 spiro atoms. The SMILES string of the molecule is CCCCCN(C)S(=O)(=O)c1cc(CN)ccc1CC. The number of aryl methyl sites for hydroxylation is 1. The summed E-state index contributed by atoms with van der Waals surface area (Å²) in [4.78, 5) is 0.405. The maximum absolute atomic E-state index is 12.7. The molecule has 4 nitrogen and oxygen atoms in total. The Morgan fingerprint density at radius 2 is 1.90 bits per heavy atom. The van der Waals surface area contributed by atoms with E-state index in [0.29, 0.717) is 24.4 Å². The maximum atomic E-state index is 12.7. The molecule has 0 aliphatic carbocycles. The number of rotatable bonds is 8. The molecule has 0 aliphatic heterocycles. The molecule has 0 unspecified atom stereocenters. The van der Waals surface area contributed by atoms with E-state index in [1.165, 1.54) is 4.31 Å². The molecule has 0 amide bonds. The molecular weight excluding hydrogens is 272 g/mol. The van der Waals surface area contributed by atoms with E-state index in [9.17, 15) is 8.42 Å². The van der Waals surface area contributed by atoms with Crippen molar-refractivity contribution >= 4 is 10.0 Å². The molecule has 114 valence electrons. The van der Waals surface area contributed by atoms with Gasteiger partial charge in [-0.2, -0.15) is 0 Å². The molecule has 0 radical (unpaired) electrons. The van der Waals surface area contributed by atoms with E-state index in [4.69, 9.17) is 5.73 Å². The van der Waals surface area contributed by atoms with Gasteiger partial charge >= 0.3 is 0 Å². The fourth-order valence-electron chi connectivity index (χ4n) is 2.13. The van der Waals surface area contributed by atoms with Crippen molar-refractivity contribution < 1.29 is 8.42 Å². The quantitative estimate of drug-likeness (QED) is 0.750. The molecule has 0 fully saturated rings. The Morgan fingerprint density at radius 3 is 2.45 bits per heavy atom. The first-order chi connectivity index (χ1) is 9.47. The van der Waals surface area contributed by atoms with Crippen LogP contribution in [0, 0.1) is 0 Å². The van der Waals surface area contributed by atoms with Crippen LogP contribution >= 0.6 is 0 Å². The Kier molecular flexibility index (Phi) is 6.65. The Balaban J connectivity index is 3.06. The fourth-order valence-corrected chi connectivity index (χ4v) is 3.68. The van der Waals surface area contributed by atoms with Crippen LogP contribution in [0.25, 0.3) is 0 Å². The Labute approximate surface area is 123 Å². The third kappa shape index (κ3) is 4.04. The standard InChI is InChI=1S/C15H26N2O2S/c1-4-6-7-10-17(3)20(18,19)15-11-13(12-16)8-9-14(15)5-2/h8-9,11H,4-7,10,12,16H2,1-3H3. The molecule has 0 saturated heterocycles. The molecule has 0 bridgehead atoms. The highest BCUT2D eigenvalue weighted by Crippen LogP contribution is 2.22. The van der Waals surface area contributed by atoms with Crippen LogP contribution in [0.2, 0.25) is 0 Å². The molecule has 0 heterocycles. The molecular formula is C15H26N2O2S. The molecule has 1 aromatic carbocycles. The molecule has 5 heteroatoms. The summed E-state index contributed by atoms with van der Waals surface area (Å²) < 4.78 is 26.8. The summed E-state index contributed by atoms with van der Waals surface area (Å²) in [5, 5.41) is 0. The number of hydrogen-bond acceptors (Lipinski definition) is 3. The lowest BCUT2D eigenvalue weighted by molar-refractivity contribution is 0.453. The predicted octanol–water partition coefficient (Wildman–Crippen LogP) is 2.52. The Bertz CT molecular complexity index is 527. The summed E-state index contributed by atoms with van der Waals surface area (Å²) in [7, 11) is -1.76. The molecule has 0 aromatic heterocycles. The third-order valence-electron chi connectivity index (χ3n) is 3.51. The summed E-state index contributed by atoms with van der Waals surface area (Å²) in [6.07, 6.45) is 3.71. The second-order valence-electron chi connectivity index (χ2n) is 5.03. The lowest BCUT2D eigenvalue weighted by Gasteiger charge is -2.19. The van der Waals surface area contributed by atoms with Crippen molar-refractivity contribution in [2.75, 3.05) is 13.6 Å². The first kappa shape index (κ1) is 17.1. The first-order valence-corrected chi connectivity index (χ1v) is 8.69. The Hall–Kier alpha value is -0.910. The highest BCUT2D eigenvalue weighted by molar-refractivity contribution is 7.89. The van der Waals surface area contributed by atoms with E-state index in [-0.39, 0.29) is 0 Å². The lowest BCUT2D eigenvalue weighted by Crippen LogP contribution is -2.29. The van der Waals surface area contributed by atoms with Gasteiger partial charge in [0.2, 0.25) is 10.0 Å². The number of benzene rings is 1. The van der Waals surface area contributed by atoms with Crippen molar-refractivity contribution in [2.24, 2.45) is 5.73 Å². The van der Waals surface area contributed by atoms with Crippen molar-refractivity contribution in [1.82, 2.24) is 4.31 Å². The van der Waals surface area contributed by atoms with Gasteiger partial charge in [0.25, 0.3) is 0 Å². The van der Waals surface area contributed by atoms with Gasteiger partial charge in [0.15, 0.2) is 0 Å². The summed E-state index contributed by atoms with van der Waals surface area (Å²) in [6.45, 7) is 4.99. The van der Waals surface area contributed by atoms with Crippen LogP contribution in [0.15, 0.2) is 23.1 Å². The highest BCUT2D eigenvalue weighted by atomic mass is 32.2. The molecule has 0 atom stereocenters. The molecule has 0 saturated carbocycles. The second kappa shape index (κ2) is 7.76. The second-order valence-corrected chi connectivity index (χ2v) is 7.05. The van der Waals surface area contributed by atoms with Crippen LogP contribution in [-0.2, 0) is 23.0 Å². The van der Waals surface area contributed by atoms with E-state index in [1.807, 2.05) is 19.1 Å². The van der Waals surface area contributed by atoms with Crippen LogP contribution in [0.5, 0.6) is 0 Å². The lowest BCUT2D eigenvalue weighted by atomic mass is 10.1. The topological polar surface area (TPSA) is 63.4 Å². The van der Waals surface area contributed by atoms with Crippen LogP contribution in [0.3, 0.4) is 0 Å². The fraction of sp³-hybridized carbons (Fsp3) is 0.600. The van der Waals surface area contributed by atoms with Gasteiger partial charge in [-0.1, -0.05) is 38.8 Å². The van der Waals surface area contributed by atoms with E-state index in [0.717, 1.165) is 30.4 Å². The van der Waals surface area contributed by atoms with Crippen LogP contribution in [0.1, 0.15) is 44.2 Å². The van der Waals surface area contributed by atoms with Crippen molar-refractivity contribution in [1.29, 1.82) is 0 Å². The summed E-state index contributed by atoms with van der Waals surface area (Å²) >= 11 is 0. The largest absolute Gasteiger partial charge is 0.326 e. The Morgan fingerprint density at radius 1 is 1.20 bits per heavy atom. The van der Waals surface area contributed by atoms with E-state index in [2.05, 4.69) is 6.92 Å². The average molecular weight is 298 g/mol. The minimum Gasteiger partial charge on any atom is -0.326 e. The number of nitrogens with two attached hydrogens (primary N) is 1. The number of sulfonamides is 1.